The number of carboxylic acid groups (broad SMARTS) is 1. The summed E-state index contributed by atoms with van der Waals surface area (Å²) in [6.45, 7) is 0.756. The third-order valence-electron chi connectivity index (χ3n) is 5.12. The van der Waals surface area contributed by atoms with Crippen LogP contribution in [0.15, 0.2) is 71.7 Å². The molecule has 4 N–H and O–H groups in total. The summed E-state index contributed by atoms with van der Waals surface area (Å²) in [5.41, 5.74) is 5.13. The number of aliphatic carboxylic acids is 1. The Hall–Kier alpha value is -3.61. The van der Waals surface area contributed by atoms with Gasteiger partial charge in [-0.25, -0.2) is 4.99 Å². The molecule has 0 saturated carbocycles. The first kappa shape index (κ1) is 21.6. The molecule has 6 nitrogen and oxygen atoms in total. The summed E-state index contributed by atoms with van der Waals surface area (Å²) in [6, 6.07) is 20.4. The highest BCUT2D eigenvalue weighted by Crippen LogP contribution is 2.33. The van der Waals surface area contributed by atoms with Crippen molar-refractivity contribution in [1.29, 1.82) is 0 Å². The lowest BCUT2D eigenvalue weighted by molar-refractivity contribution is -0.136. The first-order valence-corrected chi connectivity index (χ1v) is 10.5. The van der Waals surface area contributed by atoms with Crippen LogP contribution in [0.3, 0.4) is 0 Å². The number of aromatic hydroxyl groups is 1. The van der Waals surface area contributed by atoms with E-state index in [1.807, 2.05) is 49.5 Å². The van der Waals surface area contributed by atoms with Gasteiger partial charge in [-0.1, -0.05) is 54.1 Å². The maximum absolute atomic E-state index is 11.0. The van der Waals surface area contributed by atoms with E-state index < -0.39 is 5.97 Å². The Morgan fingerprint density at radius 1 is 1.03 bits per heavy atom. The molecular weight excluding hydrogens is 426 g/mol. The number of rotatable bonds is 7. The number of nitrogens with zero attached hydrogens (tertiary/aromatic N) is 1. The van der Waals surface area contributed by atoms with Gasteiger partial charge in [0.05, 0.1) is 28.9 Å². The molecule has 162 valence electrons. The summed E-state index contributed by atoms with van der Waals surface area (Å²) >= 11 is 6.12. The number of fused-ring (bicyclic) bond motifs is 1. The summed E-state index contributed by atoms with van der Waals surface area (Å²) in [7, 11) is 1.89. The maximum Gasteiger partial charge on any atom is 0.307 e. The minimum atomic E-state index is -0.889. The standard InChI is InChI=1S/C25H22ClN3O3/c1-27-14-16-4-9-19(10-5-16)28-24(17-6-2-15(3-7-17)12-22(30)31)23-20-11-8-18(26)13-21(20)29-25(23)32/h2-11,13,27,29,32H,12,14H2,1H3,(H,30,31). The highest BCUT2D eigenvalue weighted by atomic mass is 35.5. The lowest BCUT2D eigenvalue weighted by atomic mass is 9.99. The van der Waals surface area contributed by atoms with Crippen LogP contribution in [0.5, 0.6) is 5.88 Å². The summed E-state index contributed by atoms with van der Waals surface area (Å²) in [4.78, 5) is 18.9. The fraction of sp³-hybridized carbons (Fsp3) is 0.120. The van der Waals surface area contributed by atoms with Gasteiger partial charge in [-0.15, -0.1) is 0 Å². The van der Waals surface area contributed by atoms with E-state index in [1.54, 1.807) is 24.3 Å². The first-order chi connectivity index (χ1) is 15.4. The van der Waals surface area contributed by atoms with E-state index in [0.29, 0.717) is 27.4 Å². The van der Waals surface area contributed by atoms with Gasteiger partial charge in [0, 0.05) is 22.5 Å². The molecule has 0 radical (unpaired) electrons. The van der Waals surface area contributed by atoms with Crippen molar-refractivity contribution in [2.75, 3.05) is 7.05 Å². The molecule has 0 bridgehead atoms. The highest BCUT2D eigenvalue weighted by molar-refractivity contribution is 6.31. The number of carbonyl (C=O) groups is 1. The number of H-pyrrole nitrogens is 1. The zero-order valence-electron chi connectivity index (χ0n) is 17.4. The number of aromatic nitrogens is 1. The zero-order chi connectivity index (χ0) is 22.7. The van der Waals surface area contributed by atoms with E-state index in [0.717, 1.165) is 28.7 Å². The monoisotopic (exact) mass is 447 g/mol. The third-order valence-corrected chi connectivity index (χ3v) is 5.35. The molecule has 0 fully saturated rings. The van der Waals surface area contributed by atoms with Crippen molar-refractivity contribution in [3.05, 3.63) is 94.0 Å². The molecule has 32 heavy (non-hydrogen) atoms. The topological polar surface area (TPSA) is 97.7 Å². The van der Waals surface area contributed by atoms with Gasteiger partial charge in [-0.2, -0.15) is 0 Å². The van der Waals surface area contributed by atoms with E-state index in [4.69, 9.17) is 21.7 Å². The van der Waals surface area contributed by atoms with Crippen molar-refractivity contribution in [3.8, 4) is 5.88 Å². The molecule has 0 saturated heterocycles. The number of aliphatic imine (C=N–C) groups is 1. The summed E-state index contributed by atoms with van der Waals surface area (Å²) in [6.07, 6.45) is -0.0590. The van der Waals surface area contributed by atoms with Gasteiger partial charge in [0.25, 0.3) is 0 Å². The predicted octanol–water partition coefficient (Wildman–Crippen LogP) is 5.04. The van der Waals surface area contributed by atoms with E-state index in [-0.39, 0.29) is 12.3 Å². The molecule has 0 aliphatic carbocycles. The molecule has 4 aromatic rings. The Labute approximate surface area is 190 Å². The first-order valence-electron chi connectivity index (χ1n) is 10.1. The van der Waals surface area contributed by atoms with Gasteiger partial charge >= 0.3 is 5.97 Å². The van der Waals surface area contributed by atoms with Crippen molar-refractivity contribution in [2.24, 2.45) is 4.99 Å². The molecule has 0 amide bonds. The molecule has 0 aliphatic rings. The molecule has 0 spiro atoms. The zero-order valence-corrected chi connectivity index (χ0v) is 18.1. The van der Waals surface area contributed by atoms with Crippen LogP contribution in [-0.2, 0) is 17.8 Å². The van der Waals surface area contributed by atoms with Gasteiger partial charge in [-0.3, -0.25) is 4.79 Å². The summed E-state index contributed by atoms with van der Waals surface area (Å²) in [5.74, 6) is -0.901. The second-order valence-corrected chi connectivity index (χ2v) is 7.90. The van der Waals surface area contributed by atoms with Crippen LogP contribution in [0.1, 0.15) is 22.3 Å². The fourth-order valence-corrected chi connectivity index (χ4v) is 3.81. The van der Waals surface area contributed by atoms with Crippen LogP contribution >= 0.6 is 11.6 Å². The van der Waals surface area contributed by atoms with E-state index in [2.05, 4.69) is 10.3 Å². The second kappa shape index (κ2) is 9.26. The minimum absolute atomic E-state index is 0.0116. The van der Waals surface area contributed by atoms with Gasteiger partial charge in [0.1, 0.15) is 0 Å². The molecule has 4 rings (SSSR count). The predicted molar refractivity (Wildman–Crippen MR) is 127 cm³/mol. The average molecular weight is 448 g/mol. The highest BCUT2D eigenvalue weighted by Gasteiger charge is 2.19. The van der Waals surface area contributed by atoms with Crippen LogP contribution in [0.4, 0.5) is 5.69 Å². The second-order valence-electron chi connectivity index (χ2n) is 7.46. The number of nitrogens with one attached hydrogen (secondary N) is 2. The van der Waals surface area contributed by atoms with Crippen molar-refractivity contribution >= 4 is 39.9 Å². The Kier molecular flexibility index (Phi) is 6.25. The number of carboxylic acids is 1. The lowest BCUT2D eigenvalue weighted by Gasteiger charge is -2.09. The largest absolute Gasteiger partial charge is 0.494 e. The van der Waals surface area contributed by atoms with Crippen LogP contribution in [-0.4, -0.2) is 33.9 Å². The third kappa shape index (κ3) is 4.66. The number of benzene rings is 3. The van der Waals surface area contributed by atoms with Crippen LogP contribution < -0.4 is 5.32 Å². The van der Waals surface area contributed by atoms with Crippen molar-refractivity contribution in [2.45, 2.75) is 13.0 Å². The Morgan fingerprint density at radius 2 is 1.72 bits per heavy atom. The van der Waals surface area contributed by atoms with E-state index >= 15 is 0 Å². The fourth-order valence-electron chi connectivity index (χ4n) is 3.64. The van der Waals surface area contributed by atoms with Gasteiger partial charge in [-0.05, 0) is 42.4 Å². The normalized spacial score (nSPS) is 11.8. The Bertz CT molecular complexity index is 1290. The Morgan fingerprint density at radius 3 is 2.38 bits per heavy atom. The quantitative estimate of drug-likeness (QED) is 0.298. The SMILES string of the molecule is CNCc1ccc(N=C(c2ccc(CC(=O)O)cc2)c2c(O)[nH]c3cc(Cl)ccc23)cc1. The lowest BCUT2D eigenvalue weighted by Crippen LogP contribution is -2.05. The number of hydrogen-bond donors (Lipinski definition) is 4. The van der Waals surface area contributed by atoms with Gasteiger partial charge in [0.15, 0.2) is 5.88 Å². The minimum Gasteiger partial charge on any atom is -0.494 e. The maximum atomic E-state index is 11.0. The molecule has 3 aromatic carbocycles. The Balaban J connectivity index is 1.85. The molecule has 0 unspecified atom stereocenters. The van der Waals surface area contributed by atoms with Crippen LogP contribution in [0, 0.1) is 0 Å². The van der Waals surface area contributed by atoms with Gasteiger partial charge in [0.2, 0.25) is 0 Å². The summed E-state index contributed by atoms with van der Waals surface area (Å²) < 4.78 is 0. The molecular formula is C25H22ClN3O3. The summed E-state index contributed by atoms with van der Waals surface area (Å²) in [5, 5.41) is 24.3. The van der Waals surface area contributed by atoms with Crippen molar-refractivity contribution in [1.82, 2.24) is 10.3 Å². The molecule has 0 atom stereocenters. The number of halogens is 1. The van der Waals surface area contributed by atoms with E-state index in [9.17, 15) is 9.90 Å². The number of hydrogen-bond acceptors (Lipinski definition) is 4. The molecule has 1 aromatic heterocycles. The average Bonchev–Trinajstić information content (AvgIpc) is 3.08. The molecule has 0 aliphatic heterocycles. The van der Waals surface area contributed by atoms with Crippen molar-refractivity contribution < 1.29 is 15.0 Å². The van der Waals surface area contributed by atoms with Crippen molar-refractivity contribution in [3.63, 3.8) is 0 Å². The van der Waals surface area contributed by atoms with E-state index in [1.165, 1.54) is 0 Å². The smallest absolute Gasteiger partial charge is 0.307 e. The van der Waals surface area contributed by atoms with Gasteiger partial charge < -0.3 is 20.5 Å². The van der Waals surface area contributed by atoms with Crippen LogP contribution in [0.2, 0.25) is 5.02 Å². The number of aromatic amines is 1. The molecule has 1 heterocycles. The molecule has 7 heteroatoms. The van der Waals surface area contributed by atoms with Crippen LogP contribution in [0.25, 0.3) is 10.9 Å².